The smallest absolute Gasteiger partial charge is 0.371 e. The predicted molar refractivity (Wildman–Crippen MR) is 60.7 cm³/mol. The van der Waals surface area contributed by atoms with Crippen LogP contribution >= 0.6 is 0 Å². The molecule has 0 amide bonds. The van der Waals surface area contributed by atoms with Crippen molar-refractivity contribution in [3.05, 3.63) is 35.9 Å². The Balaban J connectivity index is 2.15. The standard InChI is InChI=1S/C13H16BrNO4/c1-11(16)13(12-5-3-2-4-6-12)7-9-15(10-8-13)19-14(17)18/h2-6H,7-10H2,1H3. The third-order valence-electron chi connectivity index (χ3n) is 3.73. The van der Waals surface area contributed by atoms with E-state index < -0.39 is 20.2 Å². The minimum Gasteiger partial charge on any atom is -0.371 e. The molecule has 0 aromatic heterocycles. The molecule has 1 aliphatic heterocycles. The maximum absolute atomic E-state index is 12.1. The molecule has 0 unspecified atom stereocenters. The molecule has 104 valence electrons. The summed E-state index contributed by atoms with van der Waals surface area (Å²) in [5.74, 6) is 0.119. The molecule has 19 heavy (non-hydrogen) atoms. The van der Waals surface area contributed by atoms with Crippen molar-refractivity contribution in [1.29, 1.82) is 0 Å². The highest BCUT2D eigenvalue weighted by Gasteiger charge is 2.42. The topological polar surface area (TPSA) is 75.7 Å². The summed E-state index contributed by atoms with van der Waals surface area (Å²) in [7, 11) is 0. The maximum Gasteiger partial charge on any atom is 0.464 e. The SMILES string of the molecule is CC(=O)C1(c2ccccc2)CCN(O[Br+2]([O-])[O-])CC1. The molecule has 6 heteroatoms. The summed E-state index contributed by atoms with van der Waals surface area (Å²) >= 11 is -3.23. The molecule has 0 atom stereocenters. The summed E-state index contributed by atoms with van der Waals surface area (Å²) in [6, 6.07) is 9.65. The van der Waals surface area contributed by atoms with Gasteiger partial charge in [-0.05, 0) is 25.3 Å². The van der Waals surface area contributed by atoms with Crippen molar-refractivity contribution in [3.63, 3.8) is 0 Å². The fraction of sp³-hybridized carbons (Fsp3) is 0.462. The molecule has 0 N–H and O–H groups in total. The van der Waals surface area contributed by atoms with Gasteiger partial charge < -0.3 is 8.40 Å². The number of ketones is 1. The van der Waals surface area contributed by atoms with Gasteiger partial charge in [-0.1, -0.05) is 35.4 Å². The average molecular weight is 330 g/mol. The Hall–Kier alpha value is -0.790. The van der Waals surface area contributed by atoms with Gasteiger partial charge >= 0.3 is 14.8 Å². The van der Waals surface area contributed by atoms with Gasteiger partial charge in [0.1, 0.15) is 5.78 Å². The van der Waals surface area contributed by atoms with E-state index in [-0.39, 0.29) is 5.78 Å². The predicted octanol–water partition coefficient (Wildman–Crippen LogP) is -0.373. The maximum atomic E-state index is 12.1. The van der Waals surface area contributed by atoms with Crippen LogP contribution in [0.1, 0.15) is 25.3 Å². The lowest BCUT2D eigenvalue weighted by Crippen LogP contribution is -2.49. The number of hydrogen-bond donors (Lipinski definition) is 0. The fourth-order valence-corrected chi connectivity index (χ4v) is 3.24. The number of piperidine rings is 1. The summed E-state index contributed by atoms with van der Waals surface area (Å²) in [5, 5.41) is 1.42. The highest BCUT2D eigenvalue weighted by Crippen LogP contribution is 2.36. The van der Waals surface area contributed by atoms with E-state index in [4.69, 9.17) is 3.93 Å². The van der Waals surface area contributed by atoms with Crippen molar-refractivity contribution in [3.8, 4) is 0 Å². The minimum absolute atomic E-state index is 0.119. The molecule has 0 radical (unpaired) electrons. The van der Waals surface area contributed by atoms with Crippen LogP contribution in [0, 0.1) is 14.8 Å². The molecule has 1 aliphatic rings. The van der Waals surface area contributed by atoms with Crippen LogP contribution in [-0.2, 0) is 14.1 Å². The van der Waals surface area contributed by atoms with Gasteiger partial charge in [0.2, 0.25) is 0 Å². The van der Waals surface area contributed by atoms with Crippen molar-refractivity contribution >= 4 is 5.78 Å². The second-order valence-electron chi connectivity index (χ2n) is 4.69. The molecular formula is C13H16BrNO4. The van der Waals surface area contributed by atoms with Crippen LogP contribution in [-0.4, -0.2) is 23.9 Å². The van der Waals surface area contributed by atoms with Gasteiger partial charge in [0.05, 0.1) is 9.34 Å². The lowest BCUT2D eigenvalue weighted by molar-refractivity contribution is -1.64. The Bertz CT molecular complexity index is 430. The van der Waals surface area contributed by atoms with Crippen LogP contribution in [0.5, 0.6) is 0 Å². The number of rotatable bonds is 4. The number of carbonyl (C=O) groups is 1. The summed E-state index contributed by atoms with van der Waals surface area (Å²) in [4.78, 5) is 12.1. The molecule has 1 aromatic carbocycles. The zero-order valence-electron chi connectivity index (χ0n) is 10.7. The Morgan fingerprint density at radius 1 is 1.26 bits per heavy atom. The Morgan fingerprint density at radius 3 is 2.32 bits per heavy atom. The lowest BCUT2D eigenvalue weighted by Gasteiger charge is -2.37. The van der Waals surface area contributed by atoms with E-state index in [9.17, 15) is 13.2 Å². The first kappa shape index (κ1) is 14.6. The monoisotopic (exact) mass is 329 g/mol. The first-order valence-corrected chi connectivity index (χ1v) is 8.04. The number of Topliss-reactive ketones (excluding diaryl/α,β-unsaturated/α-hetero) is 1. The largest absolute Gasteiger partial charge is 0.464 e. The molecule has 5 nitrogen and oxygen atoms in total. The van der Waals surface area contributed by atoms with Crippen molar-refractivity contribution in [2.45, 2.75) is 25.2 Å². The number of halogens is 1. The molecule has 1 heterocycles. The number of benzene rings is 1. The average Bonchev–Trinajstić information content (AvgIpc) is 2.40. The molecule has 1 saturated heterocycles. The van der Waals surface area contributed by atoms with Gasteiger partial charge in [-0.3, -0.25) is 4.79 Å². The van der Waals surface area contributed by atoms with Crippen molar-refractivity contribution in [1.82, 2.24) is 5.06 Å². The second kappa shape index (κ2) is 6.11. The van der Waals surface area contributed by atoms with Crippen molar-refractivity contribution in [2.75, 3.05) is 13.1 Å². The van der Waals surface area contributed by atoms with E-state index in [0.29, 0.717) is 25.9 Å². The first-order valence-electron chi connectivity index (χ1n) is 6.10. The van der Waals surface area contributed by atoms with E-state index in [1.54, 1.807) is 6.92 Å². The normalized spacial score (nSPS) is 19.6. The summed E-state index contributed by atoms with van der Waals surface area (Å²) in [5.41, 5.74) is 0.484. The van der Waals surface area contributed by atoms with E-state index >= 15 is 0 Å². The quantitative estimate of drug-likeness (QED) is 0.753. The highest BCUT2D eigenvalue weighted by atomic mass is 80.0. The van der Waals surface area contributed by atoms with E-state index in [2.05, 4.69) is 0 Å². The molecular weight excluding hydrogens is 314 g/mol. The van der Waals surface area contributed by atoms with Gasteiger partial charge in [-0.2, -0.15) is 0 Å². The number of carbonyl (C=O) groups excluding carboxylic acids is 1. The molecule has 0 aliphatic carbocycles. The van der Waals surface area contributed by atoms with Crippen LogP contribution in [0.25, 0.3) is 0 Å². The Kier molecular flexibility index (Phi) is 4.70. The number of hydrogen-bond acceptors (Lipinski definition) is 5. The zero-order chi connectivity index (χ0) is 13.9. The zero-order valence-corrected chi connectivity index (χ0v) is 12.3. The van der Waals surface area contributed by atoms with E-state index in [1.165, 1.54) is 5.06 Å². The van der Waals surface area contributed by atoms with Gasteiger partial charge in [-0.15, -0.1) is 0 Å². The molecule has 1 fully saturated rings. The number of hydroxylamine groups is 2. The van der Waals surface area contributed by atoms with Gasteiger partial charge in [-0.25, -0.2) is 0 Å². The van der Waals surface area contributed by atoms with Crippen molar-refractivity contribution < 1.29 is 31.9 Å². The van der Waals surface area contributed by atoms with Crippen LogP contribution in [0.2, 0.25) is 0 Å². The van der Waals surface area contributed by atoms with Crippen LogP contribution < -0.4 is 8.40 Å². The minimum atomic E-state index is -3.23. The third-order valence-corrected chi connectivity index (χ3v) is 4.38. The third kappa shape index (κ3) is 3.21. The molecule has 1 aromatic rings. The molecule has 0 bridgehead atoms. The molecule has 0 saturated carbocycles. The van der Waals surface area contributed by atoms with Crippen LogP contribution in [0.4, 0.5) is 0 Å². The molecule has 0 spiro atoms. The van der Waals surface area contributed by atoms with Gasteiger partial charge in [0.15, 0.2) is 0 Å². The Morgan fingerprint density at radius 2 is 1.84 bits per heavy atom. The second-order valence-corrected chi connectivity index (χ2v) is 5.77. The Labute approximate surface area is 117 Å². The number of nitrogens with zero attached hydrogens (tertiary/aromatic N) is 1. The molecule has 2 rings (SSSR count). The first-order chi connectivity index (χ1) is 9.04. The van der Waals surface area contributed by atoms with Crippen LogP contribution in [0.15, 0.2) is 30.3 Å². The van der Waals surface area contributed by atoms with Gasteiger partial charge in [0, 0.05) is 13.1 Å². The van der Waals surface area contributed by atoms with E-state index in [0.717, 1.165) is 5.56 Å². The highest BCUT2D eigenvalue weighted by molar-refractivity contribution is 5.88. The van der Waals surface area contributed by atoms with Gasteiger partial charge in [0.25, 0.3) is 0 Å². The van der Waals surface area contributed by atoms with E-state index in [1.807, 2.05) is 30.3 Å². The fourth-order valence-electron chi connectivity index (χ4n) is 2.62. The summed E-state index contributed by atoms with van der Waals surface area (Å²) < 4.78 is 25.9. The van der Waals surface area contributed by atoms with Crippen LogP contribution in [0.3, 0.4) is 0 Å². The lowest BCUT2D eigenvalue weighted by atomic mass is 9.70. The van der Waals surface area contributed by atoms with Crippen molar-refractivity contribution in [2.24, 2.45) is 0 Å². The summed E-state index contributed by atoms with van der Waals surface area (Å²) in [6.45, 7) is 2.47. The summed E-state index contributed by atoms with van der Waals surface area (Å²) in [6.07, 6.45) is 1.14.